The minimum atomic E-state index is 0.305. The van der Waals surface area contributed by atoms with Crippen molar-refractivity contribution in [2.75, 3.05) is 42.6 Å². The van der Waals surface area contributed by atoms with Crippen molar-refractivity contribution in [3.63, 3.8) is 0 Å². The first kappa shape index (κ1) is 18.2. The van der Waals surface area contributed by atoms with Crippen molar-refractivity contribution in [2.24, 2.45) is 0 Å². The number of nitrogens with one attached hydrogen (secondary N) is 1. The number of aromatic nitrogens is 3. The van der Waals surface area contributed by atoms with Crippen LogP contribution >= 0.6 is 0 Å². The fraction of sp³-hybridized carbons (Fsp3) is 0.833. The fourth-order valence-electron chi connectivity index (χ4n) is 4.00. The van der Waals surface area contributed by atoms with Gasteiger partial charge >= 0.3 is 0 Å². The lowest BCUT2D eigenvalue weighted by molar-refractivity contribution is 0.220. The number of anilines is 3. The van der Waals surface area contributed by atoms with Crippen LogP contribution in [0.5, 0.6) is 0 Å². The normalized spacial score (nSPS) is 21.0. The third-order valence-electron chi connectivity index (χ3n) is 5.70. The van der Waals surface area contributed by atoms with Gasteiger partial charge in [0.05, 0.1) is 0 Å². The van der Waals surface area contributed by atoms with Crippen LogP contribution in [-0.2, 0) is 0 Å². The minimum Gasteiger partial charge on any atom is -0.368 e. The molecule has 0 radical (unpaired) electrons. The van der Waals surface area contributed by atoms with Gasteiger partial charge in [0.2, 0.25) is 17.8 Å². The second-order valence-electron chi connectivity index (χ2n) is 7.43. The predicted molar refractivity (Wildman–Crippen MR) is 103 cm³/mol. The van der Waals surface area contributed by atoms with E-state index in [0.29, 0.717) is 29.9 Å². The van der Waals surface area contributed by atoms with Crippen LogP contribution in [0.1, 0.15) is 58.3 Å². The molecular formula is C18H33N7. The molecule has 7 heteroatoms. The lowest BCUT2D eigenvalue weighted by Gasteiger charge is -2.36. The standard InChI is InChI=1S/C18H33N7/c1-3-25-12-10-15(11-13-25)24(2)18-22-16(19)21-17(23-18)20-14-8-6-4-5-7-9-14/h14-15H,3-13H2,1-2H3,(H3,19,20,21,22,23). The number of hydrogen-bond acceptors (Lipinski definition) is 7. The molecule has 0 aromatic carbocycles. The molecule has 1 saturated carbocycles. The molecule has 7 nitrogen and oxygen atoms in total. The first-order chi connectivity index (χ1) is 12.2. The summed E-state index contributed by atoms with van der Waals surface area (Å²) in [6, 6.07) is 0.922. The quantitative estimate of drug-likeness (QED) is 0.792. The van der Waals surface area contributed by atoms with Gasteiger partial charge in [-0.2, -0.15) is 15.0 Å². The van der Waals surface area contributed by atoms with Gasteiger partial charge in [0.15, 0.2) is 0 Å². The van der Waals surface area contributed by atoms with E-state index in [1.807, 2.05) is 0 Å². The summed E-state index contributed by atoms with van der Waals surface area (Å²) in [5.41, 5.74) is 5.97. The van der Waals surface area contributed by atoms with Gasteiger partial charge in [0.1, 0.15) is 0 Å². The molecule has 1 aromatic heterocycles. The van der Waals surface area contributed by atoms with E-state index >= 15 is 0 Å². The average molecular weight is 348 g/mol. The zero-order chi connectivity index (χ0) is 17.6. The van der Waals surface area contributed by atoms with Gasteiger partial charge in [0, 0.05) is 32.2 Å². The summed E-state index contributed by atoms with van der Waals surface area (Å²) in [5.74, 6) is 1.63. The van der Waals surface area contributed by atoms with E-state index in [9.17, 15) is 0 Å². The number of nitrogens with two attached hydrogens (primary N) is 1. The highest BCUT2D eigenvalue weighted by Crippen LogP contribution is 2.23. The third kappa shape index (κ3) is 4.93. The van der Waals surface area contributed by atoms with Crippen LogP contribution in [0.4, 0.5) is 17.8 Å². The monoisotopic (exact) mass is 347 g/mol. The van der Waals surface area contributed by atoms with Crippen molar-refractivity contribution in [3.05, 3.63) is 0 Å². The number of hydrogen-bond donors (Lipinski definition) is 2. The predicted octanol–water partition coefficient (Wildman–Crippen LogP) is 2.51. The van der Waals surface area contributed by atoms with E-state index in [1.54, 1.807) is 0 Å². The fourth-order valence-corrected chi connectivity index (χ4v) is 4.00. The molecule has 3 N–H and O–H groups in total. The van der Waals surface area contributed by atoms with Gasteiger partial charge in [-0.1, -0.05) is 32.6 Å². The Hall–Kier alpha value is -1.63. The molecule has 2 fully saturated rings. The van der Waals surface area contributed by atoms with E-state index in [-0.39, 0.29) is 0 Å². The van der Waals surface area contributed by atoms with Crippen molar-refractivity contribution in [1.82, 2.24) is 19.9 Å². The molecule has 0 unspecified atom stereocenters. The molecule has 0 amide bonds. The maximum absolute atomic E-state index is 5.97. The smallest absolute Gasteiger partial charge is 0.231 e. The van der Waals surface area contributed by atoms with Crippen LogP contribution in [0.3, 0.4) is 0 Å². The molecule has 2 heterocycles. The SMILES string of the molecule is CCN1CCC(N(C)c2nc(N)nc(NC3CCCCCC3)n2)CC1. The first-order valence-corrected chi connectivity index (χ1v) is 9.89. The Balaban J connectivity index is 1.66. The number of likely N-dealkylation sites (tertiary alicyclic amines) is 1. The summed E-state index contributed by atoms with van der Waals surface area (Å²) in [4.78, 5) is 18.1. The van der Waals surface area contributed by atoms with Crippen LogP contribution in [0.15, 0.2) is 0 Å². The molecule has 0 atom stereocenters. The van der Waals surface area contributed by atoms with Crippen molar-refractivity contribution >= 4 is 17.8 Å². The maximum atomic E-state index is 5.97. The van der Waals surface area contributed by atoms with Crippen LogP contribution in [0.2, 0.25) is 0 Å². The highest BCUT2D eigenvalue weighted by Gasteiger charge is 2.24. The Labute approximate surface area is 151 Å². The number of nitrogens with zero attached hydrogens (tertiary/aromatic N) is 5. The lowest BCUT2D eigenvalue weighted by Crippen LogP contribution is -2.44. The molecule has 1 aliphatic carbocycles. The third-order valence-corrected chi connectivity index (χ3v) is 5.70. The van der Waals surface area contributed by atoms with Crippen LogP contribution in [0, 0.1) is 0 Å². The van der Waals surface area contributed by atoms with E-state index < -0.39 is 0 Å². The summed E-state index contributed by atoms with van der Waals surface area (Å²) >= 11 is 0. The van der Waals surface area contributed by atoms with E-state index in [4.69, 9.17) is 5.73 Å². The second kappa shape index (κ2) is 8.65. The summed E-state index contributed by atoms with van der Waals surface area (Å²) in [5, 5.41) is 3.50. The molecule has 2 aliphatic rings. The first-order valence-electron chi connectivity index (χ1n) is 9.89. The lowest BCUT2D eigenvalue weighted by atomic mass is 10.0. The summed E-state index contributed by atoms with van der Waals surface area (Å²) in [7, 11) is 2.08. The van der Waals surface area contributed by atoms with Crippen molar-refractivity contribution in [1.29, 1.82) is 0 Å². The van der Waals surface area contributed by atoms with Crippen molar-refractivity contribution in [2.45, 2.75) is 70.4 Å². The summed E-state index contributed by atoms with van der Waals surface area (Å²) < 4.78 is 0. The summed E-state index contributed by atoms with van der Waals surface area (Å²) in [6.07, 6.45) is 9.88. The Kier molecular flexibility index (Phi) is 6.29. The molecule has 1 aliphatic heterocycles. The molecule has 140 valence electrons. The van der Waals surface area contributed by atoms with Crippen LogP contribution < -0.4 is 16.0 Å². The zero-order valence-electron chi connectivity index (χ0n) is 15.7. The molecule has 0 bridgehead atoms. The number of rotatable bonds is 5. The molecule has 0 spiro atoms. The van der Waals surface area contributed by atoms with Crippen molar-refractivity contribution < 1.29 is 0 Å². The minimum absolute atomic E-state index is 0.305. The van der Waals surface area contributed by atoms with E-state index in [1.165, 1.54) is 38.5 Å². The zero-order valence-corrected chi connectivity index (χ0v) is 15.7. The highest BCUT2D eigenvalue weighted by molar-refractivity contribution is 5.42. The van der Waals surface area contributed by atoms with E-state index in [0.717, 1.165) is 32.5 Å². The second-order valence-corrected chi connectivity index (χ2v) is 7.43. The van der Waals surface area contributed by atoms with Gasteiger partial charge in [-0.05, 0) is 32.2 Å². The Morgan fingerprint density at radius 2 is 1.72 bits per heavy atom. The Morgan fingerprint density at radius 1 is 1.04 bits per heavy atom. The van der Waals surface area contributed by atoms with Crippen LogP contribution in [-0.4, -0.2) is 58.6 Å². The van der Waals surface area contributed by atoms with Gasteiger partial charge in [-0.15, -0.1) is 0 Å². The largest absolute Gasteiger partial charge is 0.368 e. The molecular weight excluding hydrogens is 314 g/mol. The van der Waals surface area contributed by atoms with Crippen molar-refractivity contribution in [3.8, 4) is 0 Å². The molecule has 25 heavy (non-hydrogen) atoms. The Morgan fingerprint density at radius 3 is 2.36 bits per heavy atom. The summed E-state index contributed by atoms with van der Waals surface area (Å²) in [6.45, 7) is 5.63. The number of nitrogen functional groups attached to an aromatic ring is 1. The molecule has 1 saturated heterocycles. The van der Waals surface area contributed by atoms with E-state index in [2.05, 4.69) is 44.0 Å². The topological polar surface area (TPSA) is 83.2 Å². The molecule has 1 aromatic rings. The maximum Gasteiger partial charge on any atom is 0.231 e. The number of piperidine rings is 1. The average Bonchev–Trinajstić information content (AvgIpc) is 2.89. The van der Waals surface area contributed by atoms with Gasteiger partial charge in [-0.3, -0.25) is 0 Å². The molecule has 3 rings (SSSR count). The van der Waals surface area contributed by atoms with Gasteiger partial charge in [0.25, 0.3) is 0 Å². The van der Waals surface area contributed by atoms with Crippen LogP contribution in [0.25, 0.3) is 0 Å². The van der Waals surface area contributed by atoms with Gasteiger partial charge < -0.3 is 20.9 Å². The van der Waals surface area contributed by atoms with Gasteiger partial charge in [-0.25, -0.2) is 0 Å². The highest BCUT2D eigenvalue weighted by atomic mass is 15.3. The Bertz CT molecular complexity index is 534.